The smallest absolute Gasteiger partial charge is 0.0355 e. The average Bonchev–Trinajstić information content (AvgIpc) is 2.39. The summed E-state index contributed by atoms with van der Waals surface area (Å²) in [6.07, 6.45) is 1.21. The van der Waals surface area contributed by atoms with Gasteiger partial charge < -0.3 is 10.2 Å². The largest absolute Gasteiger partial charge is 0.313 e. The lowest BCUT2D eigenvalue weighted by Gasteiger charge is -2.31. The number of hydrogen-bond donors (Lipinski definition) is 1. The van der Waals surface area contributed by atoms with Crippen molar-refractivity contribution in [2.45, 2.75) is 39.3 Å². The third-order valence-corrected chi connectivity index (χ3v) is 3.96. The Hall–Kier alpha value is -0.860. The van der Waals surface area contributed by atoms with Gasteiger partial charge in [0.1, 0.15) is 0 Å². The summed E-state index contributed by atoms with van der Waals surface area (Å²) >= 11 is 0. The van der Waals surface area contributed by atoms with Crippen molar-refractivity contribution in [3.05, 3.63) is 35.9 Å². The van der Waals surface area contributed by atoms with Gasteiger partial charge in [-0.05, 0) is 38.9 Å². The van der Waals surface area contributed by atoms with Crippen molar-refractivity contribution in [3.8, 4) is 0 Å². The van der Waals surface area contributed by atoms with Crippen LogP contribution in [0.4, 0.5) is 0 Å². The van der Waals surface area contributed by atoms with Crippen LogP contribution in [0.3, 0.4) is 0 Å². The summed E-state index contributed by atoms with van der Waals surface area (Å²) in [4.78, 5) is 2.46. The van der Waals surface area contributed by atoms with Crippen LogP contribution in [-0.4, -0.2) is 31.6 Å². The first-order valence-electron chi connectivity index (χ1n) is 7.02. The molecule has 1 rings (SSSR count). The fraction of sp³-hybridized carbons (Fsp3) is 0.625. The number of nitrogens with zero attached hydrogens (tertiary/aromatic N) is 1. The highest BCUT2D eigenvalue weighted by molar-refractivity contribution is 5.19. The topological polar surface area (TPSA) is 15.3 Å². The monoisotopic (exact) mass is 248 g/mol. The lowest BCUT2D eigenvalue weighted by atomic mass is 9.94. The molecule has 0 aliphatic heterocycles. The highest BCUT2D eigenvalue weighted by Crippen LogP contribution is 2.22. The standard InChI is InChI=1S/C16H28N2/c1-6-14(3)18(5)12-13(2)16(17-4)15-10-8-7-9-11-15/h7-11,13-14,16-17H,6,12H2,1-5H3. The van der Waals surface area contributed by atoms with E-state index in [4.69, 9.17) is 0 Å². The van der Waals surface area contributed by atoms with Crippen molar-refractivity contribution in [1.82, 2.24) is 10.2 Å². The minimum atomic E-state index is 0.428. The molecule has 0 radical (unpaired) electrons. The van der Waals surface area contributed by atoms with E-state index in [2.05, 4.69) is 75.4 Å². The highest BCUT2D eigenvalue weighted by atomic mass is 15.1. The lowest BCUT2D eigenvalue weighted by Crippen LogP contribution is -2.37. The maximum Gasteiger partial charge on any atom is 0.0355 e. The molecule has 0 saturated heterocycles. The molecule has 3 unspecified atom stereocenters. The van der Waals surface area contributed by atoms with E-state index in [1.54, 1.807) is 0 Å². The first kappa shape index (κ1) is 15.2. The molecule has 3 atom stereocenters. The van der Waals surface area contributed by atoms with Crippen LogP contribution in [0.5, 0.6) is 0 Å². The van der Waals surface area contributed by atoms with Gasteiger partial charge in [-0.1, -0.05) is 44.2 Å². The average molecular weight is 248 g/mol. The Morgan fingerprint density at radius 1 is 1.17 bits per heavy atom. The van der Waals surface area contributed by atoms with E-state index in [1.165, 1.54) is 12.0 Å². The number of rotatable bonds is 7. The molecular weight excluding hydrogens is 220 g/mol. The zero-order valence-corrected chi connectivity index (χ0v) is 12.5. The normalized spacial score (nSPS) is 16.6. The number of nitrogens with one attached hydrogen (secondary N) is 1. The van der Waals surface area contributed by atoms with Crippen molar-refractivity contribution in [2.75, 3.05) is 20.6 Å². The van der Waals surface area contributed by atoms with E-state index in [9.17, 15) is 0 Å². The summed E-state index contributed by atoms with van der Waals surface area (Å²) in [5, 5.41) is 3.45. The van der Waals surface area contributed by atoms with Gasteiger partial charge in [0.15, 0.2) is 0 Å². The van der Waals surface area contributed by atoms with E-state index in [0.717, 1.165) is 6.54 Å². The maximum atomic E-state index is 3.45. The Kier molecular flexibility index (Phi) is 6.37. The van der Waals surface area contributed by atoms with Gasteiger partial charge in [0.2, 0.25) is 0 Å². The minimum Gasteiger partial charge on any atom is -0.313 e. The van der Waals surface area contributed by atoms with Gasteiger partial charge in [-0.15, -0.1) is 0 Å². The van der Waals surface area contributed by atoms with Crippen molar-refractivity contribution < 1.29 is 0 Å². The van der Waals surface area contributed by atoms with Crippen LogP contribution in [0, 0.1) is 5.92 Å². The Balaban J connectivity index is 2.66. The van der Waals surface area contributed by atoms with Crippen molar-refractivity contribution in [3.63, 3.8) is 0 Å². The number of benzene rings is 1. The quantitative estimate of drug-likeness (QED) is 0.796. The summed E-state index contributed by atoms with van der Waals surface area (Å²) in [5.74, 6) is 0.594. The second-order valence-electron chi connectivity index (χ2n) is 5.35. The van der Waals surface area contributed by atoms with Gasteiger partial charge in [0.25, 0.3) is 0 Å². The third-order valence-electron chi connectivity index (χ3n) is 3.96. The fourth-order valence-electron chi connectivity index (χ4n) is 2.49. The molecule has 0 amide bonds. The molecular formula is C16H28N2. The molecule has 18 heavy (non-hydrogen) atoms. The van der Waals surface area contributed by atoms with E-state index in [0.29, 0.717) is 18.0 Å². The first-order valence-corrected chi connectivity index (χ1v) is 7.02. The van der Waals surface area contributed by atoms with E-state index >= 15 is 0 Å². The van der Waals surface area contributed by atoms with Crippen LogP contribution >= 0.6 is 0 Å². The molecule has 0 aromatic heterocycles. The van der Waals surface area contributed by atoms with Gasteiger partial charge in [-0.25, -0.2) is 0 Å². The van der Waals surface area contributed by atoms with Crippen molar-refractivity contribution >= 4 is 0 Å². The first-order chi connectivity index (χ1) is 8.60. The molecule has 102 valence electrons. The molecule has 2 heteroatoms. The van der Waals surface area contributed by atoms with Crippen LogP contribution in [0.1, 0.15) is 38.8 Å². The zero-order chi connectivity index (χ0) is 13.5. The van der Waals surface area contributed by atoms with Crippen LogP contribution in [-0.2, 0) is 0 Å². The van der Waals surface area contributed by atoms with Gasteiger partial charge in [0, 0.05) is 18.6 Å². The maximum absolute atomic E-state index is 3.45. The molecule has 0 aliphatic carbocycles. The fourth-order valence-corrected chi connectivity index (χ4v) is 2.49. The van der Waals surface area contributed by atoms with Crippen LogP contribution in [0.2, 0.25) is 0 Å². The Bertz CT molecular complexity index is 323. The molecule has 0 fully saturated rings. The highest BCUT2D eigenvalue weighted by Gasteiger charge is 2.20. The Labute approximate surface area is 112 Å². The van der Waals surface area contributed by atoms with Crippen LogP contribution in [0.15, 0.2) is 30.3 Å². The summed E-state index contributed by atoms with van der Waals surface area (Å²) in [5.41, 5.74) is 1.38. The summed E-state index contributed by atoms with van der Waals surface area (Å²) in [6, 6.07) is 11.8. The van der Waals surface area contributed by atoms with Gasteiger partial charge in [-0.3, -0.25) is 0 Å². The lowest BCUT2D eigenvalue weighted by molar-refractivity contribution is 0.199. The van der Waals surface area contributed by atoms with Crippen molar-refractivity contribution in [2.24, 2.45) is 5.92 Å². The van der Waals surface area contributed by atoms with Gasteiger partial charge >= 0.3 is 0 Å². The molecule has 0 spiro atoms. The van der Waals surface area contributed by atoms with Crippen LogP contribution < -0.4 is 5.32 Å². The second-order valence-corrected chi connectivity index (χ2v) is 5.35. The van der Waals surface area contributed by atoms with E-state index in [1.807, 2.05) is 0 Å². The number of hydrogen-bond acceptors (Lipinski definition) is 2. The molecule has 0 saturated carbocycles. The SMILES string of the molecule is CCC(C)N(C)CC(C)C(NC)c1ccccc1. The molecule has 1 aromatic carbocycles. The molecule has 0 bridgehead atoms. The molecule has 1 N–H and O–H groups in total. The van der Waals surface area contributed by atoms with E-state index in [-0.39, 0.29) is 0 Å². The Morgan fingerprint density at radius 3 is 2.28 bits per heavy atom. The summed E-state index contributed by atoms with van der Waals surface area (Å²) in [7, 11) is 4.28. The predicted octanol–water partition coefficient (Wildman–Crippen LogP) is 3.31. The second kappa shape index (κ2) is 7.55. The predicted molar refractivity (Wildman–Crippen MR) is 79.8 cm³/mol. The minimum absolute atomic E-state index is 0.428. The molecule has 2 nitrogen and oxygen atoms in total. The van der Waals surface area contributed by atoms with Crippen molar-refractivity contribution in [1.29, 1.82) is 0 Å². The third kappa shape index (κ3) is 4.11. The van der Waals surface area contributed by atoms with Gasteiger partial charge in [-0.2, -0.15) is 0 Å². The van der Waals surface area contributed by atoms with Crippen LogP contribution in [0.25, 0.3) is 0 Å². The molecule has 1 aromatic rings. The Morgan fingerprint density at radius 2 is 1.78 bits per heavy atom. The summed E-state index contributed by atoms with van der Waals surface area (Å²) < 4.78 is 0. The molecule has 0 aliphatic rings. The molecule has 0 heterocycles. The zero-order valence-electron chi connectivity index (χ0n) is 12.5. The van der Waals surface area contributed by atoms with Gasteiger partial charge in [0.05, 0.1) is 0 Å². The summed E-state index contributed by atoms with van der Waals surface area (Å²) in [6.45, 7) is 7.99. The van der Waals surface area contributed by atoms with E-state index < -0.39 is 0 Å².